The van der Waals surface area contributed by atoms with Crippen molar-refractivity contribution in [1.82, 2.24) is 0 Å². The average molecular weight is 477 g/mol. The second-order valence-electron chi connectivity index (χ2n) is 9.06. The molecule has 6 atom stereocenters. The maximum Gasteiger partial charge on any atom is 0.305 e. The highest BCUT2D eigenvalue weighted by atomic mass is 16.7. The number of aliphatic hydroxyl groups is 1. The molecule has 0 amide bonds. The van der Waals surface area contributed by atoms with E-state index < -0.39 is 48.4 Å². The summed E-state index contributed by atoms with van der Waals surface area (Å²) < 4.78 is 22.3. The van der Waals surface area contributed by atoms with Gasteiger partial charge in [0, 0.05) is 38.7 Å². The van der Waals surface area contributed by atoms with Gasteiger partial charge in [-0.2, -0.15) is 0 Å². The number of allylic oxidation sites excluding steroid dienone is 1. The molecule has 2 aliphatic rings. The van der Waals surface area contributed by atoms with Crippen molar-refractivity contribution in [2.45, 2.75) is 84.9 Å². The lowest BCUT2D eigenvalue weighted by atomic mass is 9.73. The molecule has 8 heteroatoms. The molecule has 0 spiro atoms. The Morgan fingerprint density at radius 3 is 2.35 bits per heavy atom. The zero-order chi connectivity index (χ0) is 25.6. The van der Waals surface area contributed by atoms with Gasteiger partial charge in [-0.15, -0.1) is 0 Å². The highest BCUT2D eigenvalue weighted by Gasteiger charge is 2.45. The lowest BCUT2D eigenvalue weighted by Gasteiger charge is -2.41. The predicted octanol–water partition coefficient (Wildman–Crippen LogP) is 3.90. The van der Waals surface area contributed by atoms with Crippen molar-refractivity contribution in [2.75, 3.05) is 0 Å². The first kappa shape index (κ1) is 27.4. The normalized spacial score (nSPS) is 28.1. The number of esters is 3. The minimum atomic E-state index is -0.977. The Morgan fingerprint density at radius 1 is 1.15 bits per heavy atom. The number of carbonyl (C=O) groups is 3. The fourth-order valence-corrected chi connectivity index (χ4v) is 4.44. The molecule has 1 aliphatic heterocycles. The smallest absolute Gasteiger partial charge is 0.305 e. The van der Waals surface area contributed by atoms with Gasteiger partial charge >= 0.3 is 17.9 Å². The summed E-state index contributed by atoms with van der Waals surface area (Å²) in [7, 11) is 0. The molecule has 0 aromatic carbocycles. The third kappa shape index (κ3) is 7.32. The number of rotatable bonds is 7. The molecular formula is C26H36O8. The van der Waals surface area contributed by atoms with Crippen molar-refractivity contribution in [3.63, 3.8) is 0 Å². The van der Waals surface area contributed by atoms with E-state index in [0.29, 0.717) is 36.0 Å². The SMILES string of the molecule is C=C(C)C(CC(OC(C)=O)C1=CO[C@H](OC(C)=O)[C@@H]2C(=C)[C@H](O)C/C=C(\C)CC[C@H]12)OC(C)=O. The zero-order valence-electron chi connectivity index (χ0n) is 20.7. The maximum absolute atomic E-state index is 12.0. The van der Waals surface area contributed by atoms with Crippen LogP contribution in [0.3, 0.4) is 0 Å². The Bertz CT molecular complexity index is 883. The second kappa shape index (κ2) is 12.0. The molecule has 0 radical (unpaired) electrons. The zero-order valence-corrected chi connectivity index (χ0v) is 20.7. The minimum absolute atomic E-state index is 0.148. The standard InChI is InChI=1S/C26H36O8/c1-14(2)23(32-17(5)27)12-24(33-18(6)28)21-13-31-26(34-19(7)29)25-16(4)22(30)11-9-15(3)8-10-20(21)25/h9,13,20,22-26,30H,1,4,8,10-12H2,2-3,5-7H3/b15-9+/t20-,22-,23?,24?,25-,26-/m1/s1. The van der Waals surface area contributed by atoms with E-state index in [1.807, 2.05) is 13.0 Å². The van der Waals surface area contributed by atoms with Crippen molar-refractivity contribution in [3.05, 3.63) is 47.8 Å². The lowest BCUT2D eigenvalue weighted by Crippen LogP contribution is -2.43. The van der Waals surface area contributed by atoms with Gasteiger partial charge in [0.1, 0.15) is 12.2 Å². The van der Waals surface area contributed by atoms with Gasteiger partial charge in [-0.1, -0.05) is 24.8 Å². The van der Waals surface area contributed by atoms with Gasteiger partial charge in [-0.05, 0) is 44.3 Å². The van der Waals surface area contributed by atoms with Crippen LogP contribution < -0.4 is 0 Å². The van der Waals surface area contributed by atoms with Crippen molar-refractivity contribution < 1.29 is 38.4 Å². The summed E-state index contributed by atoms with van der Waals surface area (Å²) in [5.74, 6) is -2.38. The molecular weight excluding hydrogens is 440 g/mol. The highest BCUT2D eigenvalue weighted by Crippen LogP contribution is 2.44. The summed E-state index contributed by atoms with van der Waals surface area (Å²) in [6.45, 7) is 15.6. The van der Waals surface area contributed by atoms with E-state index in [4.69, 9.17) is 18.9 Å². The van der Waals surface area contributed by atoms with Crippen LogP contribution in [0.15, 0.2) is 47.8 Å². The Labute approximate surface area is 201 Å². The van der Waals surface area contributed by atoms with Crippen LogP contribution in [0.2, 0.25) is 0 Å². The van der Waals surface area contributed by atoms with Crippen LogP contribution in [0, 0.1) is 11.8 Å². The van der Waals surface area contributed by atoms with Crippen molar-refractivity contribution in [1.29, 1.82) is 0 Å². The first-order chi connectivity index (χ1) is 15.9. The molecule has 34 heavy (non-hydrogen) atoms. The quantitative estimate of drug-likeness (QED) is 0.335. The summed E-state index contributed by atoms with van der Waals surface area (Å²) in [4.78, 5) is 35.5. The molecule has 0 bridgehead atoms. The van der Waals surface area contributed by atoms with E-state index in [0.717, 1.165) is 5.57 Å². The highest BCUT2D eigenvalue weighted by molar-refractivity contribution is 5.67. The van der Waals surface area contributed by atoms with E-state index >= 15 is 0 Å². The lowest BCUT2D eigenvalue weighted by molar-refractivity contribution is -0.182. The van der Waals surface area contributed by atoms with Gasteiger partial charge in [0.25, 0.3) is 0 Å². The first-order valence-corrected chi connectivity index (χ1v) is 11.5. The van der Waals surface area contributed by atoms with E-state index in [-0.39, 0.29) is 12.3 Å². The van der Waals surface area contributed by atoms with Gasteiger partial charge in [0.2, 0.25) is 6.29 Å². The Kier molecular flexibility index (Phi) is 9.67. The summed E-state index contributed by atoms with van der Waals surface area (Å²) >= 11 is 0. The number of hydrogen-bond acceptors (Lipinski definition) is 8. The topological polar surface area (TPSA) is 108 Å². The van der Waals surface area contributed by atoms with Gasteiger partial charge in [-0.3, -0.25) is 14.4 Å². The van der Waals surface area contributed by atoms with Crippen LogP contribution in [-0.4, -0.2) is 47.6 Å². The second-order valence-corrected chi connectivity index (χ2v) is 9.06. The first-order valence-electron chi connectivity index (χ1n) is 11.5. The van der Waals surface area contributed by atoms with Crippen molar-refractivity contribution in [3.8, 4) is 0 Å². The van der Waals surface area contributed by atoms with E-state index in [1.54, 1.807) is 6.92 Å². The van der Waals surface area contributed by atoms with Gasteiger partial charge < -0.3 is 24.1 Å². The maximum atomic E-state index is 12.0. The number of fused-ring (bicyclic) bond motifs is 1. The van der Waals surface area contributed by atoms with Crippen LogP contribution >= 0.6 is 0 Å². The van der Waals surface area contributed by atoms with Gasteiger partial charge in [0.05, 0.1) is 18.3 Å². The van der Waals surface area contributed by atoms with Crippen LogP contribution in [0.1, 0.15) is 60.3 Å². The number of ether oxygens (including phenoxy) is 4. The van der Waals surface area contributed by atoms with Gasteiger partial charge in [0.15, 0.2) is 0 Å². The number of hydrogen-bond donors (Lipinski definition) is 1. The third-order valence-electron chi connectivity index (χ3n) is 6.14. The predicted molar refractivity (Wildman–Crippen MR) is 125 cm³/mol. The van der Waals surface area contributed by atoms with E-state index in [2.05, 4.69) is 13.2 Å². The summed E-state index contributed by atoms with van der Waals surface area (Å²) in [5.41, 5.74) is 2.83. The molecule has 0 aromatic heterocycles. The summed E-state index contributed by atoms with van der Waals surface area (Å²) in [6.07, 6.45) is 1.99. The van der Waals surface area contributed by atoms with Crippen LogP contribution in [0.5, 0.6) is 0 Å². The van der Waals surface area contributed by atoms with Crippen LogP contribution in [-0.2, 0) is 33.3 Å². The molecule has 188 valence electrons. The molecule has 0 fully saturated rings. The largest absolute Gasteiger partial charge is 0.462 e. The third-order valence-corrected chi connectivity index (χ3v) is 6.14. The van der Waals surface area contributed by atoms with Crippen LogP contribution in [0.4, 0.5) is 0 Å². The Balaban J connectivity index is 2.53. The molecule has 1 N–H and O–H groups in total. The Hall–Kier alpha value is -2.87. The van der Waals surface area contributed by atoms with Crippen LogP contribution in [0.25, 0.3) is 0 Å². The number of carbonyl (C=O) groups excluding carboxylic acids is 3. The average Bonchev–Trinajstić information content (AvgIpc) is 2.77. The monoisotopic (exact) mass is 476 g/mol. The van der Waals surface area contributed by atoms with E-state index in [9.17, 15) is 19.5 Å². The molecule has 0 aromatic rings. The van der Waals surface area contributed by atoms with Crippen molar-refractivity contribution in [2.24, 2.45) is 11.8 Å². The molecule has 0 saturated heterocycles. The molecule has 1 heterocycles. The Morgan fingerprint density at radius 2 is 1.79 bits per heavy atom. The molecule has 0 saturated carbocycles. The van der Waals surface area contributed by atoms with Gasteiger partial charge in [-0.25, -0.2) is 0 Å². The summed E-state index contributed by atoms with van der Waals surface area (Å²) in [6, 6.07) is 0. The summed E-state index contributed by atoms with van der Waals surface area (Å²) in [5, 5.41) is 10.8. The fourth-order valence-electron chi connectivity index (χ4n) is 4.44. The minimum Gasteiger partial charge on any atom is -0.462 e. The fraction of sp³-hybridized carbons (Fsp3) is 0.577. The molecule has 2 unspecified atom stereocenters. The van der Waals surface area contributed by atoms with E-state index in [1.165, 1.54) is 27.0 Å². The van der Waals surface area contributed by atoms with Crippen molar-refractivity contribution >= 4 is 17.9 Å². The number of aliphatic hydroxyl groups excluding tert-OH is 1. The molecule has 2 rings (SSSR count). The molecule has 8 nitrogen and oxygen atoms in total. The molecule has 1 aliphatic carbocycles.